The summed E-state index contributed by atoms with van der Waals surface area (Å²) in [6, 6.07) is 6.35. The van der Waals surface area contributed by atoms with Crippen molar-refractivity contribution in [1.82, 2.24) is 14.6 Å². The predicted molar refractivity (Wildman–Crippen MR) is 98.5 cm³/mol. The van der Waals surface area contributed by atoms with E-state index in [1.165, 1.54) is 31.4 Å². The highest BCUT2D eigenvalue weighted by Crippen LogP contribution is 2.37. The van der Waals surface area contributed by atoms with Crippen molar-refractivity contribution in [1.29, 1.82) is 0 Å². The molecular weight excluding hydrogens is 338 g/mol. The Balaban J connectivity index is 1.96. The van der Waals surface area contributed by atoms with Crippen LogP contribution in [0.3, 0.4) is 0 Å². The monoisotopic (exact) mass is 357 g/mol. The lowest BCUT2D eigenvalue weighted by Gasteiger charge is -2.21. The Bertz CT molecular complexity index is 1000. The zero-order valence-corrected chi connectivity index (χ0v) is 14.8. The minimum atomic E-state index is -0.200. The molecule has 1 aliphatic carbocycles. The fraction of sp³-hybridized carbons (Fsp3) is 0.368. The molecule has 6 heteroatoms. The summed E-state index contributed by atoms with van der Waals surface area (Å²) in [5.74, 6) is 0.461. The van der Waals surface area contributed by atoms with Crippen LogP contribution in [0.15, 0.2) is 29.1 Å². The molecule has 130 valence electrons. The number of halogens is 1. The lowest BCUT2D eigenvalue weighted by Crippen LogP contribution is -2.12. The Morgan fingerprint density at radius 2 is 2.00 bits per heavy atom. The van der Waals surface area contributed by atoms with Gasteiger partial charge in [0.1, 0.15) is 11.4 Å². The number of rotatable bonds is 2. The number of aromatic nitrogens is 3. The first kappa shape index (κ1) is 16.2. The molecule has 0 saturated heterocycles. The second kappa shape index (κ2) is 6.23. The summed E-state index contributed by atoms with van der Waals surface area (Å²) in [6.45, 7) is 1.99. The summed E-state index contributed by atoms with van der Waals surface area (Å²) in [4.78, 5) is 15.3. The normalized spacial score (nSPS) is 15.8. The third-order valence-electron chi connectivity index (χ3n) is 5.09. The summed E-state index contributed by atoms with van der Waals surface area (Å²) >= 11 is 5.93. The second-order valence-corrected chi connectivity index (χ2v) is 7.21. The average molecular weight is 358 g/mol. The lowest BCUT2D eigenvalue weighted by atomic mass is 9.84. The zero-order chi connectivity index (χ0) is 17.6. The van der Waals surface area contributed by atoms with Gasteiger partial charge in [0.05, 0.1) is 11.4 Å². The number of phenolic OH excluding ortho intramolecular Hbond substituents is 1. The molecule has 5 nitrogen and oxygen atoms in total. The summed E-state index contributed by atoms with van der Waals surface area (Å²) in [5, 5.41) is 15.4. The van der Waals surface area contributed by atoms with Gasteiger partial charge in [-0.1, -0.05) is 30.9 Å². The Morgan fingerprint density at radius 1 is 1.24 bits per heavy atom. The highest BCUT2D eigenvalue weighted by molar-refractivity contribution is 6.30. The number of nitrogens with zero attached hydrogens (tertiary/aromatic N) is 2. The van der Waals surface area contributed by atoms with E-state index in [0.29, 0.717) is 22.2 Å². The highest BCUT2D eigenvalue weighted by atomic mass is 35.5. The summed E-state index contributed by atoms with van der Waals surface area (Å²) < 4.78 is 1.74. The molecule has 0 bridgehead atoms. The Kier molecular flexibility index (Phi) is 4.04. The number of phenols is 1. The number of H-pyrrole nitrogens is 1. The molecule has 1 fully saturated rings. The van der Waals surface area contributed by atoms with Gasteiger partial charge in [-0.25, -0.2) is 4.52 Å². The van der Waals surface area contributed by atoms with Gasteiger partial charge in [0.15, 0.2) is 0 Å². The van der Waals surface area contributed by atoms with E-state index < -0.39 is 0 Å². The first-order chi connectivity index (χ1) is 12.0. The molecule has 0 aliphatic heterocycles. The molecule has 0 radical (unpaired) electrons. The largest absolute Gasteiger partial charge is 0.507 e. The van der Waals surface area contributed by atoms with Crippen LogP contribution in [-0.2, 0) is 0 Å². The molecule has 4 rings (SSSR count). The van der Waals surface area contributed by atoms with Crippen LogP contribution in [-0.4, -0.2) is 19.7 Å². The molecule has 2 N–H and O–H groups in total. The first-order valence-corrected chi connectivity index (χ1v) is 9.04. The molecule has 1 aliphatic rings. The van der Waals surface area contributed by atoms with Gasteiger partial charge in [-0.2, -0.15) is 5.10 Å². The average Bonchev–Trinajstić information content (AvgIpc) is 2.91. The number of hydrogen-bond acceptors (Lipinski definition) is 3. The van der Waals surface area contributed by atoms with E-state index in [-0.39, 0.29) is 11.3 Å². The number of aromatic hydroxyl groups is 1. The van der Waals surface area contributed by atoms with Crippen molar-refractivity contribution in [2.45, 2.75) is 44.9 Å². The summed E-state index contributed by atoms with van der Waals surface area (Å²) in [6.07, 6.45) is 5.95. The Morgan fingerprint density at radius 3 is 2.72 bits per heavy atom. The fourth-order valence-electron chi connectivity index (χ4n) is 3.97. The zero-order valence-electron chi connectivity index (χ0n) is 14.1. The van der Waals surface area contributed by atoms with Crippen LogP contribution >= 0.6 is 11.6 Å². The van der Waals surface area contributed by atoms with Crippen molar-refractivity contribution in [3.8, 4) is 17.0 Å². The number of aryl methyl sites for hydroxylation is 1. The lowest BCUT2D eigenvalue weighted by molar-refractivity contribution is 0.444. The summed E-state index contributed by atoms with van der Waals surface area (Å²) in [7, 11) is 0. The third kappa shape index (κ3) is 2.82. The molecule has 3 aromatic rings. The quantitative estimate of drug-likeness (QED) is 0.713. The Hall–Kier alpha value is -2.27. The number of benzene rings is 1. The second-order valence-electron chi connectivity index (χ2n) is 6.77. The fourth-order valence-corrected chi connectivity index (χ4v) is 4.13. The molecule has 0 atom stereocenters. The smallest absolute Gasteiger partial charge is 0.251 e. The van der Waals surface area contributed by atoms with E-state index >= 15 is 0 Å². The van der Waals surface area contributed by atoms with Crippen molar-refractivity contribution < 1.29 is 5.11 Å². The third-order valence-corrected chi connectivity index (χ3v) is 5.33. The highest BCUT2D eigenvalue weighted by Gasteiger charge is 2.24. The van der Waals surface area contributed by atoms with E-state index in [4.69, 9.17) is 11.6 Å². The van der Waals surface area contributed by atoms with E-state index in [9.17, 15) is 9.90 Å². The predicted octanol–water partition coefficient (Wildman–Crippen LogP) is 4.40. The van der Waals surface area contributed by atoms with Crippen molar-refractivity contribution in [3.05, 3.63) is 50.9 Å². The summed E-state index contributed by atoms with van der Waals surface area (Å²) in [5.41, 5.74) is 3.71. The minimum absolute atomic E-state index is 0.0340. The van der Waals surface area contributed by atoms with Gasteiger partial charge in [0.25, 0.3) is 5.56 Å². The van der Waals surface area contributed by atoms with Gasteiger partial charge in [-0.05, 0) is 43.9 Å². The number of aromatic amines is 1. The molecule has 2 aromatic heterocycles. The van der Waals surface area contributed by atoms with E-state index in [0.717, 1.165) is 29.7 Å². The maximum atomic E-state index is 12.3. The van der Waals surface area contributed by atoms with Crippen LogP contribution in [0.2, 0.25) is 5.02 Å². The first-order valence-electron chi connectivity index (χ1n) is 8.66. The van der Waals surface area contributed by atoms with Crippen molar-refractivity contribution in [2.75, 3.05) is 0 Å². The van der Waals surface area contributed by atoms with Gasteiger partial charge in [0.2, 0.25) is 0 Å². The standard InChI is InChI=1S/C19H20ClN3O2/c1-11-18(12-5-3-2-4-6-12)19-21-17(25)10-15(23(19)22-11)14-8-7-13(20)9-16(14)24/h7-10,12,24H,2-6H2,1H3,(H,21,25). The van der Waals surface area contributed by atoms with Crippen LogP contribution in [0.5, 0.6) is 5.75 Å². The van der Waals surface area contributed by atoms with Gasteiger partial charge in [0, 0.05) is 22.2 Å². The maximum absolute atomic E-state index is 12.3. The number of hydrogen-bond donors (Lipinski definition) is 2. The Labute approximate surface area is 150 Å². The molecule has 2 heterocycles. The van der Waals surface area contributed by atoms with Crippen LogP contribution in [0.1, 0.15) is 49.3 Å². The molecule has 1 saturated carbocycles. The van der Waals surface area contributed by atoms with Gasteiger partial charge in [-0.3, -0.25) is 4.79 Å². The van der Waals surface area contributed by atoms with E-state index in [1.807, 2.05) is 6.92 Å². The number of nitrogens with one attached hydrogen (secondary N) is 1. The van der Waals surface area contributed by atoms with E-state index in [2.05, 4.69) is 10.1 Å². The van der Waals surface area contributed by atoms with Gasteiger partial charge >= 0.3 is 0 Å². The van der Waals surface area contributed by atoms with Crippen molar-refractivity contribution in [3.63, 3.8) is 0 Å². The molecule has 25 heavy (non-hydrogen) atoms. The van der Waals surface area contributed by atoms with Gasteiger partial charge < -0.3 is 10.1 Å². The molecular formula is C19H20ClN3O2. The van der Waals surface area contributed by atoms with Crippen LogP contribution < -0.4 is 5.56 Å². The topological polar surface area (TPSA) is 70.4 Å². The van der Waals surface area contributed by atoms with Crippen LogP contribution in [0, 0.1) is 6.92 Å². The van der Waals surface area contributed by atoms with Crippen molar-refractivity contribution in [2.24, 2.45) is 0 Å². The van der Waals surface area contributed by atoms with E-state index in [1.54, 1.807) is 16.6 Å². The molecule has 1 aromatic carbocycles. The SMILES string of the molecule is Cc1nn2c(-c3ccc(Cl)cc3O)cc(=O)[nH]c2c1C1CCCCC1. The molecule has 0 spiro atoms. The van der Waals surface area contributed by atoms with Crippen molar-refractivity contribution >= 4 is 17.2 Å². The molecule has 0 unspecified atom stereocenters. The van der Waals surface area contributed by atoms with Crippen LogP contribution in [0.25, 0.3) is 16.9 Å². The van der Waals surface area contributed by atoms with Crippen LogP contribution in [0.4, 0.5) is 0 Å². The van der Waals surface area contributed by atoms with Gasteiger partial charge in [-0.15, -0.1) is 0 Å². The molecule has 0 amide bonds. The minimum Gasteiger partial charge on any atom is -0.507 e. The number of fused-ring (bicyclic) bond motifs is 1. The maximum Gasteiger partial charge on any atom is 0.251 e.